The molecular formula is C13H20N2O2. The van der Waals surface area contributed by atoms with Crippen LogP contribution in [0.2, 0.25) is 0 Å². The van der Waals surface area contributed by atoms with Crippen LogP contribution in [0.5, 0.6) is 0 Å². The molecule has 0 saturated carbocycles. The number of hydrogen-bond donors (Lipinski definition) is 0. The number of benzene rings is 1. The Morgan fingerprint density at radius 3 is 2.18 bits per heavy atom. The van der Waals surface area contributed by atoms with Crippen LogP contribution < -0.4 is 0 Å². The molecule has 17 heavy (non-hydrogen) atoms. The molecule has 1 aromatic carbocycles. The largest absolute Gasteiger partial charge is 0.299 e. The summed E-state index contributed by atoms with van der Waals surface area (Å²) in [7, 11) is 0. The average molecular weight is 236 g/mol. The van der Waals surface area contributed by atoms with E-state index in [0.717, 1.165) is 25.2 Å². The SMILES string of the molecule is CC.O=[N+]([O-])c1ccc(CN2CCCC2)cc1. The fraction of sp³-hybridized carbons (Fsp3) is 0.538. The van der Waals surface area contributed by atoms with E-state index in [0.29, 0.717) is 0 Å². The molecular weight excluding hydrogens is 216 g/mol. The number of likely N-dealkylation sites (tertiary alicyclic amines) is 1. The third-order valence-electron chi connectivity index (χ3n) is 2.75. The van der Waals surface area contributed by atoms with Crippen molar-refractivity contribution >= 4 is 5.69 Å². The first kappa shape index (κ1) is 13.6. The lowest BCUT2D eigenvalue weighted by molar-refractivity contribution is -0.384. The van der Waals surface area contributed by atoms with Crippen molar-refractivity contribution in [3.63, 3.8) is 0 Å². The number of hydrogen-bond acceptors (Lipinski definition) is 3. The van der Waals surface area contributed by atoms with E-state index in [-0.39, 0.29) is 10.6 Å². The highest BCUT2D eigenvalue weighted by Crippen LogP contribution is 2.16. The van der Waals surface area contributed by atoms with Gasteiger partial charge in [0.2, 0.25) is 0 Å². The number of rotatable bonds is 3. The van der Waals surface area contributed by atoms with Crippen LogP contribution in [0.25, 0.3) is 0 Å². The maximum atomic E-state index is 10.5. The molecule has 1 aliphatic heterocycles. The minimum Gasteiger partial charge on any atom is -0.299 e. The van der Waals surface area contributed by atoms with Crippen molar-refractivity contribution in [2.75, 3.05) is 13.1 Å². The van der Waals surface area contributed by atoms with E-state index in [1.54, 1.807) is 12.1 Å². The molecule has 1 heterocycles. The van der Waals surface area contributed by atoms with Gasteiger partial charge in [-0.05, 0) is 31.5 Å². The summed E-state index contributed by atoms with van der Waals surface area (Å²) in [5.74, 6) is 0. The molecule has 0 atom stereocenters. The molecule has 0 aliphatic carbocycles. The third-order valence-corrected chi connectivity index (χ3v) is 2.75. The predicted octanol–water partition coefficient (Wildman–Crippen LogP) is 3.22. The Morgan fingerprint density at radius 2 is 1.71 bits per heavy atom. The van der Waals surface area contributed by atoms with Crippen LogP contribution in [-0.2, 0) is 6.54 Å². The first-order valence-corrected chi connectivity index (χ1v) is 6.21. The van der Waals surface area contributed by atoms with E-state index in [2.05, 4.69) is 4.90 Å². The Bertz CT molecular complexity index is 343. The van der Waals surface area contributed by atoms with E-state index in [1.807, 2.05) is 26.0 Å². The molecule has 4 heteroatoms. The summed E-state index contributed by atoms with van der Waals surface area (Å²) in [6, 6.07) is 6.84. The highest BCUT2D eigenvalue weighted by atomic mass is 16.6. The second-order valence-corrected chi connectivity index (χ2v) is 3.91. The zero-order valence-electron chi connectivity index (χ0n) is 10.6. The van der Waals surface area contributed by atoms with E-state index >= 15 is 0 Å². The van der Waals surface area contributed by atoms with Crippen molar-refractivity contribution in [3.05, 3.63) is 39.9 Å². The van der Waals surface area contributed by atoms with E-state index in [1.165, 1.54) is 12.8 Å². The Morgan fingerprint density at radius 1 is 1.18 bits per heavy atom. The molecule has 1 fully saturated rings. The number of nitro benzene ring substituents is 1. The predicted molar refractivity (Wildman–Crippen MR) is 69.0 cm³/mol. The first-order valence-electron chi connectivity index (χ1n) is 6.21. The van der Waals surface area contributed by atoms with Crippen LogP contribution in [0.15, 0.2) is 24.3 Å². The average Bonchev–Trinajstić information content (AvgIpc) is 2.85. The molecule has 94 valence electrons. The lowest BCUT2D eigenvalue weighted by atomic mass is 10.2. The fourth-order valence-electron chi connectivity index (χ4n) is 1.92. The van der Waals surface area contributed by atoms with Crippen LogP contribution in [0.4, 0.5) is 5.69 Å². The zero-order chi connectivity index (χ0) is 12.7. The van der Waals surface area contributed by atoms with Gasteiger partial charge in [-0.1, -0.05) is 26.0 Å². The molecule has 1 saturated heterocycles. The lowest BCUT2D eigenvalue weighted by Gasteiger charge is -2.13. The van der Waals surface area contributed by atoms with Gasteiger partial charge in [0.25, 0.3) is 5.69 Å². The monoisotopic (exact) mass is 236 g/mol. The Hall–Kier alpha value is -1.42. The van der Waals surface area contributed by atoms with E-state index < -0.39 is 0 Å². The van der Waals surface area contributed by atoms with E-state index in [4.69, 9.17) is 0 Å². The topological polar surface area (TPSA) is 46.4 Å². The normalized spacial score (nSPS) is 15.2. The summed E-state index contributed by atoms with van der Waals surface area (Å²) in [4.78, 5) is 12.5. The Labute approximate surface area is 102 Å². The van der Waals surface area contributed by atoms with Crippen LogP contribution in [0.1, 0.15) is 32.3 Å². The van der Waals surface area contributed by atoms with Crippen LogP contribution in [-0.4, -0.2) is 22.9 Å². The maximum Gasteiger partial charge on any atom is 0.269 e. The standard InChI is InChI=1S/C11H14N2O2.C2H6/c14-13(15)11-5-3-10(4-6-11)9-12-7-1-2-8-12;1-2/h3-6H,1-2,7-9H2;1-2H3. The van der Waals surface area contributed by atoms with Gasteiger partial charge in [0, 0.05) is 18.7 Å². The van der Waals surface area contributed by atoms with Gasteiger partial charge in [-0.2, -0.15) is 0 Å². The Kier molecular flexibility index (Phi) is 5.63. The van der Waals surface area contributed by atoms with Gasteiger partial charge >= 0.3 is 0 Å². The number of nitro groups is 1. The molecule has 0 bridgehead atoms. The molecule has 2 rings (SSSR count). The van der Waals surface area contributed by atoms with Gasteiger partial charge in [0.15, 0.2) is 0 Å². The fourth-order valence-corrected chi connectivity index (χ4v) is 1.92. The van der Waals surface area contributed by atoms with Gasteiger partial charge in [-0.3, -0.25) is 15.0 Å². The van der Waals surface area contributed by atoms with E-state index in [9.17, 15) is 10.1 Å². The third kappa shape index (κ3) is 4.15. The Balaban J connectivity index is 0.000000686. The molecule has 1 aliphatic rings. The second kappa shape index (κ2) is 7.01. The highest BCUT2D eigenvalue weighted by Gasteiger charge is 2.12. The smallest absolute Gasteiger partial charge is 0.269 e. The lowest BCUT2D eigenvalue weighted by Crippen LogP contribution is -2.18. The molecule has 0 amide bonds. The summed E-state index contributed by atoms with van der Waals surface area (Å²) >= 11 is 0. The summed E-state index contributed by atoms with van der Waals surface area (Å²) < 4.78 is 0. The number of nitrogens with zero attached hydrogens (tertiary/aromatic N) is 2. The van der Waals surface area contributed by atoms with Crippen LogP contribution >= 0.6 is 0 Å². The van der Waals surface area contributed by atoms with Gasteiger partial charge in [0.1, 0.15) is 0 Å². The van der Waals surface area contributed by atoms with Crippen LogP contribution in [0.3, 0.4) is 0 Å². The highest BCUT2D eigenvalue weighted by molar-refractivity contribution is 5.32. The molecule has 0 spiro atoms. The summed E-state index contributed by atoms with van der Waals surface area (Å²) in [6.45, 7) is 7.21. The summed E-state index contributed by atoms with van der Waals surface area (Å²) in [5, 5.41) is 10.5. The van der Waals surface area contributed by atoms with Crippen molar-refractivity contribution < 1.29 is 4.92 Å². The van der Waals surface area contributed by atoms with Crippen molar-refractivity contribution in [1.82, 2.24) is 4.90 Å². The van der Waals surface area contributed by atoms with Crippen molar-refractivity contribution in [3.8, 4) is 0 Å². The first-order chi connectivity index (χ1) is 8.25. The minimum atomic E-state index is -0.361. The van der Waals surface area contributed by atoms with Crippen LogP contribution in [0, 0.1) is 10.1 Å². The quantitative estimate of drug-likeness (QED) is 0.598. The molecule has 0 unspecified atom stereocenters. The van der Waals surface area contributed by atoms with Gasteiger partial charge in [-0.25, -0.2) is 0 Å². The number of non-ortho nitro benzene ring substituents is 1. The van der Waals surface area contributed by atoms with Gasteiger partial charge < -0.3 is 0 Å². The summed E-state index contributed by atoms with van der Waals surface area (Å²) in [5.41, 5.74) is 1.32. The summed E-state index contributed by atoms with van der Waals surface area (Å²) in [6.07, 6.45) is 2.54. The van der Waals surface area contributed by atoms with Crippen molar-refractivity contribution in [2.45, 2.75) is 33.2 Å². The second-order valence-electron chi connectivity index (χ2n) is 3.91. The van der Waals surface area contributed by atoms with Gasteiger partial charge in [0.05, 0.1) is 4.92 Å². The molecule has 1 aromatic rings. The van der Waals surface area contributed by atoms with Crippen molar-refractivity contribution in [2.24, 2.45) is 0 Å². The van der Waals surface area contributed by atoms with Crippen molar-refractivity contribution in [1.29, 1.82) is 0 Å². The molecule has 0 aromatic heterocycles. The molecule has 4 nitrogen and oxygen atoms in total. The zero-order valence-corrected chi connectivity index (χ0v) is 10.6. The maximum absolute atomic E-state index is 10.5. The molecule has 0 radical (unpaired) electrons. The minimum absolute atomic E-state index is 0.167. The van der Waals surface area contributed by atoms with Gasteiger partial charge in [-0.15, -0.1) is 0 Å². The molecule has 0 N–H and O–H groups in total.